The van der Waals surface area contributed by atoms with Crippen molar-refractivity contribution in [1.82, 2.24) is 10.2 Å². The summed E-state index contributed by atoms with van der Waals surface area (Å²) in [5.41, 5.74) is -0.540. The quantitative estimate of drug-likeness (QED) is 0.783. The molecule has 18 heavy (non-hydrogen) atoms. The van der Waals surface area contributed by atoms with E-state index in [0.717, 1.165) is 25.7 Å². The molecular weight excluding hydrogens is 236 g/mol. The standard InChI is InChI=1S/C12H20N2O4/c15-10(16)9-12(3-1-2-4-12)13-11(17)14-5-7-18-8-6-14/h1-9H2,(H,13,17)(H,15,16). The number of morpholine rings is 1. The Morgan fingerprint density at radius 1 is 1.22 bits per heavy atom. The Balaban J connectivity index is 1.95. The van der Waals surface area contributed by atoms with Gasteiger partial charge in [-0.1, -0.05) is 12.8 Å². The van der Waals surface area contributed by atoms with E-state index in [4.69, 9.17) is 9.84 Å². The van der Waals surface area contributed by atoms with Gasteiger partial charge in [-0.3, -0.25) is 4.79 Å². The molecule has 1 heterocycles. The summed E-state index contributed by atoms with van der Waals surface area (Å²) in [5.74, 6) is -0.848. The van der Waals surface area contributed by atoms with Crippen LogP contribution in [0, 0.1) is 0 Å². The summed E-state index contributed by atoms with van der Waals surface area (Å²) in [4.78, 5) is 24.7. The largest absolute Gasteiger partial charge is 0.481 e. The Morgan fingerprint density at radius 3 is 2.39 bits per heavy atom. The van der Waals surface area contributed by atoms with Crippen LogP contribution in [0.1, 0.15) is 32.1 Å². The van der Waals surface area contributed by atoms with Crippen molar-refractivity contribution in [2.24, 2.45) is 0 Å². The summed E-state index contributed by atoms with van der Waals surface area (Å²) in [6.07, 6.45) is 3.50. The number of carbonyl (C=O) groups is 2. The van der Waals surface area contributed by atoms with Crippen LogP contribution in [-0.4, -0.2) is 53.8 Å². The molecule has 0 radical (unpaired) electrons. The van der Waals surface area contributed by atoms with Gasteiger partial charge < -0.3 is 20.1 Å². The van der Waals surface area contributed by atoms with Crippen LogP contribution in [0.5, 0.6) is 0 Å². The maximum Gasteiger partial charge on any atom is 0.318 e. The second-order valence-electron chi connectivity index (χ2n) is 5.09. The summed E-state index contributed by atoms with van der Waals surface area (Å²) >= 11 is 0. The molecule has 0 aromatic heterocycles. The average Bonchev–Trinajstić information content (AvgIpc) is 2.77. The highest BCUT2D eigenvalue weighted by atomic mass is 16.5. The third-order valence-corrected chi connectivity index (χ3v) is 3.72. The predicted molar refractivity (Wildman–Crippen MR) is 64.4 cm³/mol. The first kappa shape index (κ1) is 13.1. The summed E-state index contributed by atoms with van der Waals surface area (Å²) in [5, 5.41) is 11.9. The number of carbonyl (C=O) groups excluding carboxylic acids is 1. The molecule has 1 aliphatic carbocycles. The Bertz CT molecular complexity index is 320. The third-order valence-electron chi connectivity index (χ3n) is 3.72. The van der Waals surface area contributed by atoms with Gasteiger partial charge in [0, 0.05) is 13.1 Å². The second kappa shape index (κ2) is 5.56. The summed E-state index contributed by atoms with van der Waals surface area (Å²) in [7, 11) is 0. The van der Waals surface area contributed by atoms with Crippen LogP contribution in [0.2, 0.25) is 0 Å². The molecule has 0 bridgehead atoms. The lowest BCUT2D eigenvalue weighted by Gasteiger charge is -2.34. The van der Waals surface area contributed by atoms with E-state index >= 15 is 0 Å². The lowest BCUT2D eigenvalue weighted by Crippen LogP contribution is -2.55. The number of nitrogens with zero attached hydrogens (tertiary/aromatic N) is 1. The summed E-state index contributed by atoms with van der Waals surface area (Å²) in [6, 6.07) is -0.151. The van der Waals surface area contributed by atoms with Gasteiger partial charge in [0.05, 0.1) is 25.2 Å². The first-order valence-electron chi connectivity index (χ1n) is 6.48. The van der Waals surface area contributed by atoms with Crippen molar-refractivity contribution in [1.29, 1.82) is 0 Å². The molecule has 0 aromatic rings. The normalized spacial score (nSPS) is 22.8. The predicted octanol–water partition coefficient (Wildman–Crippen LogP) is 0.816. The highest BCUT2D eigenvalue weighted by Crippen LogP contribution is 2.32. The first-order valence-corrected chi connectivity index (χ1v) is 6.48. The fourth-order valence-electron chi connectivity index (χ4n) is 2.76. The van der Waals surface area contributed by atoms with Crippen molar-refractivity contribution < 1.29 is 19.4 Å². The molecule has 1 aliphatic heterocycles. The number of urea groups is 1. The van der Waals surface area contributed by atoms with E-state index in [1.54, 1.807) is 4.90 Å². The molecule has 2 aliphatic rings. The number of carboxylic acids is 1. The van der Waals surface area contributed by atoms with E-state index in [1.807, 2.05) is 0 Å². The van der Waals surface area contributed by atoms with Crippen molar-refractivity contribution in [3.8, 4) is 0 Å². The van der Waals surface area contributed by atoms with Gasteiger partial charge in [-0.25, -0.2) is 4.79 Å². The molecule has 1 saturated heterocycles. The molecule has 2 amide bonds. The third kappa shape index (κ3) is 3.13. The number of hydrogen-bond acceptors (Lipinski definition) is 3. The molecule has 0 spiro atoms. The van der Waals surface area contributed by atoms with Gasteiger partial charge in [-0.2, -0.15) is 0 Å². The highest BCUT2D eigenvalue weighted by Gasteiger charge is 2.38. The molecular formula is C12H20N2O4. The van der Waals surface area contributed by atoms with Crippen LogP contribution >= 0.6 is 0 Å². The van der Waals surface area contributed by atoms with Crippen molar-refractivity contribution in [2.75, 3.05) is 26.3 Å². The molecule has 0 atom stereocenters. The van der Waals surface area contributed by atoms with Crippen molar-refractivity contribution in [3.05, 3.63) is 0 Å². The zero-order chi connectivity index (χ0) is 13.0. The maximum atomic E-state index is 12.1. The van der Waals surface area contributed by atoms with Crippen LogP contribution < -0.4 is 5.32 Å². The van der Waals surface area contributed by atoms with Crippen LogP contribution in [-0.2, 0) is 9.53 Å². The number of carboxylic acid groups (broad SMARTS) is 1. The Morgan fingerprint density at radius 2 is 1.83 bits per heavy atom. The summed E-state index contributed by atoms with van der Waals surface area (Å²) < 4.78 is 5.19. The van der Waals surface area contributed by atoms with Gasteiger partial charge >= 0.3 is 12.0 Å². The van der Waals surface area contributed by atoms with Crippen molar-refractivity contribution in [3.63, 3.8) is 0 Å². The van der Waals surface area contributed by atoms with E-state index in [-0.39, 0.29) is 12.5 Å². The number of amides is 2. The van der Waals surface area contributed by atoms with E-state index in [9.17, 15) is 9.59 Å². The number of hydrogen-bond donors (Lipinski definition) is 2. The molecule has 6 nitrogen and oxygen atoms in total. The Kier molecular flexibility index (Phi) is 4.06. The molecule has 2 N–H and O–H groups in total. The zero-order valence-electron chi connectivity index (χ0n) is 10.5. The fourth-order valence-corrected chi connectivity index (χ4v) is 2.76. The van der Waals surface area contributed by atoms with Crippen LogP contribution in [0.4, 0.5) is 4.79 Å². The lowest BCUT2D eigenvalue weighted by molar-refractivity contribution is -0.138. The topological polar surface area (TPSA) is 78.9 Å². The van der Waals surface area contributed by atoms with E-state index in [1.165, 1.54) is 0 Å². The number of aliphatic carboxylic acids is 1. The lowest BCUT2D eigenvalue weighted by atomic mass is 9.93. The average molecular weight is 256 g/mol. The van der Waals surface area contributed by atoms with Gasteiger partial charge in [-0.15, -0.1) is 0 Å². The first-order chi connectivity index (χ1) is 8.61. The minimum atomic E-state index is -0.848. The minimum absolute atomic E-state index is 0.0169. The van der Waals surface area contributed by atoms with Gasteiger partial charge in [0.25, 0.3) is 0 Å². The maximum absolute atomic E-state index is 12.1. The van der Waals surface area contributed by atoms with Crippen LogP contribution in [0.25, 0.3) is 0 Å². The molecule has 6 heteroatoms. The van der Waals surface area contributed by atoms with E-state index in [2.05, 4.69) is 5.32 Å². The second-order valence-corrected chi connectivity index (χ2v) is 5.09. The minimum Gasteiger partial charge on any atom is -0.481 e. The molecule has 0 aromatic carbocycles. The molecule has 102 valence electrons. The summed E-state index contributed by atoms with van der Waals surface area (Å²) in [6.45, 7) is 2.27. The number of rotatable bonds is 3. The van der Waals surface area contributed by atoms with Gasteiger partial charge in [0.2, 0.25) is 0 Å². The van der Waals surface area contributed by atoms with Crippen LogP contribution in [0.3, 0.4) is 0 Å². The van der Waals surface area contributed by atoms with Gasteiger partial charge in [0.15, 0.2) is 0 Å². The zero-order valence-corrected chi connectivity index (χ0v) is 10.5. The molecule has 2 rings (SSSR count). The SMILES string of the molecule is O=C(O)CC1(NC(=O)N2CCOCC2)CCCC1. The smallest absolute Gasteiger partial charge is 0.318 e. The van der Waals surface area contributed by atoms with Crippen molar-refractivity contribution >= 4 is 12.0 Å². The van der Waals surface area contributed by atoms with Crippen LogP contribution in [0.15, 0.2) is 0 Å². The highest BCUT2D eigenvalue weighted by molar-refractivity contribution is 5.77. The monoisotopic (exact) mass is 256 g/mol. The van der Waals surface area contributed by atoms with Gasteiger partial charge in [0.1, 0.15) is 0 Å². The number of nitrogens with one attached hydrogen (secondary N) is 1. The molecule has 2 fully saturated rings. The van der Waals surface area contributed by atoms with E-state index in [0.29, 0.717) is 26.3 Å². The van der Waals surface area contributed by atoms with Crippen molar-refractivity contribution in [2.45, 2.75) is 37.6 Å². The number of ether oxygens (including phenoxy) is 1. The Labute approximate surface area is 106 Å². The van der Waals surface area contributed by atoms with Gasteiger partial charge in [-0.05, 0) is 12.8 Å². The Hall–Kier alpha value is -1.30. The van der Waals surface area contributed by atoms with E-state index < -0.39 is 11.5 Å². The molecule has 1 saturated carbocycles. The molecule has 0 unspecified atom stereocenters. The fraction of sp³-hybridized carbons (Fsp3) is 0.833.